The fourth-order valence-corrected chi connectivity index (χ4v) is 5.44. The molecule has 1 aliphatic carbocycles. The van der Waals surface area contributed by atoms with Gasteiger partial charge in [0.2, 0.25) is 0 Å². The predicted molar refractivity (Wildman–Crippen MR) is 91.2 cm³/mol. The number of hydrogen-bond acceptors (Lipinski definition) is 4. The van der Waals surface area contributed by atoms with Crippen molar-refractivity contribution in [2.24, 2.45) is 5.73 Å². The van der Waals surface area contributed by atoms with Crippen molar-refractivity contribution < 1.29 is 18.3 Å². The van der Waals surface area contributed by atoms with Gasteiger partial charge in [-0.25, -0.2) is 8.42 Å². The minimum Gasteiger partial charge on any atom is -0.480 e. The van der Waals surface area contributed by atoms with E-state index in [9.17, 15) is 18.3 Å². The highest BCUT2D eigenvalue weighted by molar-refractivity contribution is 7.92. The van der Waals surface area contributed by atoms with Crippen LogP contribution in [-0.4, -0.2) is 30.3 Å². The van der Waals surface area contributed by atoms with Crippen LogP contribution in [0.3, 0.4) is 0 Å². The highest BCUT2D eigenvalue weighted by Gasteiger charge is 2.74. The van der Waals surface area contributed by atoms with E-state index in [1.807, 2.05) is 0 Å². The molecule has 0 amide bonds. The van der Waals surface area contributed by atoms with Crippen LogP contribution in [0.2, 0.25) is 10.0 Å². The second-order valence-electron chi connectivity index (χ2n) is 5.69. The van der Waals surface area contributed by atoms with Crippen molar-refractivity contribution in [3.63, 3.8) is 0 Å². The number of hydrogen-bond donors (Lipinski definition) is 2. The Labute approximate surface area is 148 Å². The van der Waals surface area contributed by atoms with Crippen molar-refractivity contribution in [1.29, 1.82) is 0 Å². The Kier molecular flexibility index (Phi) is 4.12. The van der Waals surface area contributed by atoms with Gasteiger partial charge in [0.15, 0.2) is 9.84 Å². The molecular weight excluding hydrogens is 373 g/mol. The highest BCUT2D eigenvalue weighted by atomic mass is 35.5. The first-order valence-electron chi connectivity index (χ1n) is 6.96. The van der Waals surface area contributed by atoms with E-state index in [0.29, 0.717) is 15.6 Å². The Balaban J connectivity index is 2.06. The van der Waals surface area contributed by atoms with Gasteiger partial charge in [-0.3, -0.25) is 4.79 Å². The Morgan fingerprint density at radius 2 is 1.46 bits per heavy atom. The number of rotatable bonds is 4. The molecule has 0 saturated heterocycles. The molecule has 0 spiro atoms. The summed E-state index contributed by atoms with van der Waals surface area (Å²) in [5.74, 6) is -2.21. The zero-order chi connectivity index (χ0) is 17.7. The number of nitrogens with two attached hydrogens (primary N) is 1. The van der Waals surface area contributed by atoms with E-state index in [4.69, 9.17) is 28.9 Å². The summed E-state index contributed by atoms with van der Waals surface area (Å²) in [4.78, 5) is 11.6. The molecule has 3 rings (SSSR count). The Morgan fingerprint density at radius 3 is 1.92 bits per heavy atom. The van der Waals surface area contributed by atoms with E-state index < -0.39 is 32.5 Å². The molecular formula is C16H13Cl2NO4S. The summed E-state index contributed by atoms with van der Waals surface area (Å²) >= 11 is 11.6. The van der Waals surface area contributed by atoms with Crippen molar-refractivity contribution in [2.45, 2.75) is 21.6 Å². The average Bonchev–Trinajstić information content (AvgIpc) is 3.17. The van der Waals surface area contributed by atoms with E-state index in [0.717, 1.165) is 0 Å². The van der Waals surface area contributed by atoms with Crippen LogP contribution < -0.4 is 5.73 Å². The molecule has 1 aliphatic rings. The van der Waals surface area contributed by atoms with E-state index in [-0.39, 0.29) is 4.90 Å². The lowest BCUT2D eigenvalue weighted by Gasteiger charge is -2.06. The zero-order valence-electron chi connectivity index (χ0n) is 12.2. The SMILES string of the molecule is N[C@]1(C(=O)O)[C@@H](c2ccc(Cl)cc2)[C@@H]1S(=O)(=O)c1ccc(Cl)cc1. The molecule has 1 saturated carbocycles. The lowest BCUT2D eigenvalue weighted by Crippen LogP contribution is -2.39. The molecule has 0 bridgehead atoms. The summed E-state index contributed by atoms with van der Waals surface area (Å²) in [6, 6.07) is 11.9. The van der Waals surface area contributed by atoms with Gasteiger partial charge < -0.3 is 10.8 Å². The maximum atomic E-state index is 12.9. The predicted octanol–water partition coefficient (Wildman–Crippen LogP) is 2.72. The second kappa shape index (κ2) is 5.74. The summed E-state index contributed by atoms with van der Waals surface area (Å²) in [6.07, 6.45) is 0. The minimum atomic E-state index is -3.94. The van der Waals surface area contributed by atoms with Crippen molar-refractivity contribution in [1.82, 2.24) is 0 Å². The smallest absolute Gasteiger partial charge is 0.325 e. The highest BCUT2D eigenvalue weighted by Crippen LogP contribution is 2.55. The van der Waals surface area contributed by atoms with E-state index in [1.165, 1.54) is 24.3 Å². The van der Waals surface area contributed by atoms with Crippen LogP contribution in [0.4, 0.5) is 0 Å². The molecule has 5 nitrogen and oxygen atoms in total. The van der Waals surface area contributed by atoms with Crippen LogP contribution in [0.25, 0.3) is 0 Å². The lowest BCUT2D eigenvalue weighted by atomic mass is 10.1. The quantitative estimate of drug-likeness (QED) is 0.842. The summed E-state index contributed by atoms with van der Waals surface area (Å²) in [6.45, 7) is 0. The third-order valence-corrected chi connectivity index (χ3v) is 7.02. The Hall–Kier alpha value is -1.60. The van der Waals surface area contributed by atoms with Gasteiger partial charge in [-0.15, -0.1) is 0 Å². The number of carboxylic acids is 1. The van der Waals surface area contributed by atoms with Crippen molar-refractivity contribution in [2.75, 3.05) is 0 Å². The van der Waals surface area contributed by atoms with Crippen LogP contribution in [0.15, 0.2) is 53.4 Å². The third-order valence-electron chi connectivity index (χ3n) is 4.26. The molecule has 24 heavy (non-hydrogen) atoms. The molecule has 8 heteroatoms. The normalized spacial score (nSPS) is 26.1. The molecule has 126 valence electrons. The fourth-order valence-electron chi connectivity index (χ4n) is 2.96. The molecule has 1 fully saturated rings. The van der Waals surface area contributed by atoms with Crippen LogP contribution in [-0.2, 0) is 14.6 Å². The van der Waals surface area contributed by atoms with Crippen molar-refractivity contribution >= 4 is 39.0 Å². The summed E-state index contributed by atoms with van der Waals surface area (Å²) in [7, 11) is -3.94. The van der Waals surface area contributed by atoms with Crippen LogP contribution in [0.5, 0.6) is 0 Å². The number of carbonyl (C=O) groups is 1. The van der Waals surface area contributed by atoms with Gasteiger partial charge in [-0.1, -0.05) is 35.3 Å². The van der Waals surface area contributed by atoms with Gasteiger partial charge in [-0.2, -0.15) is 0 Å². The molecule has 2 aromatic carbocycles. The van der Waals surface area contributed by atoms with Gasteiger partial charge in [0.05, 0.1) is 4.90 Å². The first kappa shape index (κ1) is 17.2. The third kappa shape index (κ3) is 2.59. The maximum absolute atomic E-state index is 12.9. The number of aliphatic carboxylic acids is 1. The maximum Gasteiger partial charge on any atom is 0.325 e. The topological polar surface area (TPSA) is 97.5 Å². The van der Waals surface area contributed by atoms with E-state index in [2.05, 4.69) is 0 Å². The number of halogens is 2. The Bertz CT molecular complexity index is 897. The van der Waals surface area contributed by atoms with Gasteiger partial charge in [0.25, 0.3) is 0 Å². The summed E-state index contributed by atoms with van der Waals surface area (Å²) in [5.41, 5.74) is 4.60. The van der Waals surface area contributed by atoms with E-state index >= 15 is 0 Å². The molecule has 2 aromatic rings. The van der Waals surface area contributed by atoms with E-state index in [1.54, 1.807) is 24.3 Å². The van der Waals surface area contributed by atoms with Crippen LogP contribution in [0, 0.1) is 0 Å². The van der Waals surface area contributed by atoms with Crippen molar-refractivity contribution in [3.8, 4) is 0 Å². The molecule has 0 unspecified atom stereocenters. The first-order valence-corrected chi connectivity index (χ1v) is 9.26. The fraction of sp³-hybridized carbons (Fsp3) is 0.188. The standard InChI is InChI=1S/C16H13Cl2NO4S/c17-10-3-1-9(2-4-10)13-14(16(13,19)15(20)21)24(22,23)12-7-5-11(18)6-8-12/h1-8,13-14H,19H2,(H,20,21)/t13-,14-,16+/m0/s1. The summed E-state index contributed by atoms with van der Waals surface area (Å²) in [5, 5.41) is 9.08. The van der Waals surface area contributed by atoms with Gasteiger partial charge in [0, 0.05) is 16.0 Å². The van der Waals surface area contributed by atoms with Crippen LogP contribution >= 0.6 is 23.2 Å². The van der Waals surface area contributed by atoms with Gasteiger partial charge in [-0.05, 0) is 42.0 Å². The molecule has 3 N–H and O–H groups in total. The van der Waals surface area contributed by atoms with Crippen LogP contribution in [0.1, 0.15) is 11.5 Å². The summed E-state index contributed by atoms with van der Waals surface area (Å²) < 4.78 is 25.7. The molecule has 0 radical (unpaired) electrons. The monoisotopic (exact) mass is 385 g/mol. The molecule has 0 heterocycles. The minimum absolute atomic E-state index is 0.00978. The number of sulfone groups is 1. The number of carboxylic acid groups (broad SMARTS) is 1. The second-order valence-corrected chi connectivity index (χ2v) is 8.63. The molecule has 0 aliphatic heterocycles. The largest absolute Gasteiger partial charge is 0.480 e. The van der Waals surface area contributed by atoms with Gasteiger partial charge >= 0.3 is 5.97 Å². The van der Waals surface area contributed by atoms with Crippen molar-refractivity contribution in [3.05, 3.63) is 64.1 Å². The lowest BCUT2D eigenvalue weighted by molar-refractivity contribution is -0.139. The van der Waals surface area contributed by atoms with Gasteiger partial charge in [0.1, 0.15) is 10.8 Å². The molecule has 0 aromatic heterocycles. The average molecular weight is 386 g/mol. The Morgan fingerprint density at radius 1 is 1.00 bits per heavy atom. The molecule has 3 atom stereocenters. The zero-order valence-corrected chi connectivity index (χ0v) is 14.5. The number of benzene rings is 2. The first-order chi connectivity index (χ1) is 11.2.